The molecule has 0 N–H and O–H groups in total. The van der Waals surface area contributed by atoms with E-state index in [0.717, 1.165) is 0 Å². The first-order valence-corrected chi connectivity index (χ1v) is 14.6. The van der Waals surface area contributed by atoms with Gasteiger partial charge < -0.3 is 0 Å². The van der Waals surface area contributed by atoms with Gasteiger partial charge >= 0.3 is 0 Å². The average molecular weight is 532 g/mol. The molecule has 0 unspecified atom stereocenters. The highest BCUT2D eigenvalue weighted by Gasteiger charge is 2.42. The van der Waals surface area contributed by atoms with E-state index in [1.54, 1.807) is 72.4 Å². The SMILES string of the molecule is O=S(=O)(c1ccccc1)N(c1c2c(nn1-c1ccc(Cl)cc1)CSC2)S(=O)(=O)c1ccccc1. The van der Waals surface area contributed by atoms with Gasteiger partial charge in [0.05, 0.1) is 21.2 Å². The number of benzene rings is 3. The van der Waals surface area contributed by atoms with Crippen molar-refractivity contribution >= 4 is 49.2 Å². The van der Waals surface area contributed by atoms with Crippen molar-refractivity contribution < 1.29 is 16.8 Å². The van der Waals surface area contributed by atoms with Crippen LogP contribution >= 0.6 is 23.4 Å². The Morgan fingerprint density at radius 3 is 1.82 bits per heavy atom. The summed E-state index contributed by atoms with van der Waals surface area (Å²) >= 11 is 7.59. The van der Waals surface area contributed by atoms with Crippen LogP contribution in [0.15, 0.2) is 94.7 Å². The van der Waals surface area contributed by atoms with Crippen LogP contribution in [0.2, 0.25) is 5.02 Å². The summed E-state index contributed by atoms with van der Waals surface area (Å²) in [5.41, 5.74) is 1.71. The molecule has 11 heteroatoms. The lowest BCUT2D eigenvalue weighted by molar-refractivity contribution is 0.582. The Morgan fingerprint density at radius 1 is 0.765 bits per heavy atom. The summed E-state index contributed by atoms with van der Waals surface area (Å²) < 4.78 is 57.8. The highest BCUT2D eigenvalue weighted by molar-refractivity contribution is 8.10. The molecule has 0 bridgehead atoms. The number of anilines is 1. The van der Waals surface area contributed by atoms with Crippen LogP contribution in [0.1, 0.15) is 11.3 Å². The summed E-state index contributed by atoms with van der Waals surface area (Å²) in [4.78, 5) is -0.282. The van der Waals surface area contributed by atoms with Crippen molar-refractivity contribution in [2.45, 2.75) is 21.3 Å². The van der Waals surface area contributed by atoms with E-state index in [1.807, 2.05) is 0 Å². The number of halogens is 1. The van der Waals surface area contributed by atoms with Gasteiger partial charge in [0.15, 0.2) is 5.82 Å². The Morgan fingerprint density at radius 2 is 1.29 bits per heavy atom. The Labute approximate surface area is 207 Å². The monoisotopic (exact) mass is 531 g/mol. The lowest BCUT2D eigenvalue weighted by atomic mass is 10.3. The molecule has 0 aliphatic carbocycles. The molecule has 4 aromatic rings. The minimum atomic E-state index is -4.54. The molecule has 0 fully saturated rings. The zero-order valence-electron chi connectivity index (χ0n) is 17.6. The van der Waals surface area contributed by atoms with E-state index in [4.69, 9.17) is 11.6 Å². The molecule has 5 rings (SSSR count). The molecule has 34 heavy (non-hydrogen) atoms. The van der Waals surface area contributed by atoms with Crippen LogP contribution < -0.4 is 3.71 Å². The van der Waals surface area contributed by atoms with Gasteiger partial charge in [-0.3, -0.25) is 0 Å². The zero-order chi connectivity index (χ0) is 23.9. The minimum Gasteiger partial charge on any atom is -0.215 e. The fourth-order valence-electron chi connectivity index (χ4n) is 3.68. The minimum absolute atomic E-state index is 0.0185. The lowest BCUT2D eigenvalue weighted by Crippen LogP contribution is -2.39. The summed E-state index contributed by atoms with van der Waals surface area (Å²) in [6.07, 6.45) is 0. The van der Waals surface area contributed by atoms with Gasteiger partial charge in [0.1, 0.15) is 0 Å². The van der Waals surface area contributed by atoms with E-state index in [0.29, 0.717) is 37.2 Å². The van der Waals surface area contributed by atoms with Gasteiger partial charge in [0, 0.05) is 22.1 Å². The predicted molar refractivity (Wildman–Crippen MR) is 133 cm³/mol. The molecule has 1 aliphatic rings. The molecule has 0 saturated carbocycles. The maximum Gasteiger partial charge on any atom is 0.279 e. The Hall–Kier alpha value is -2.79. The lowest BCUT2D eigenvalue weighted by Gasteiger charge is -2.25. The van der Waals surface area contributed by atoms with Crippen molar-refractivity contribution in [3.63, 3.8) is 0 Å². The first kappa shape index (κ1) is 23.0. The average Bonchev–Trinajstić information content (AvgIpc) is 3.43. The van der Waals surface area contributed by atoms with E-state index >= 15 is 0 Å². The number of hydrogen-bond donors (Lipinski definition) is 0. The van der Waals surface area contributed by atoms with Gasteiger partial charge in [-0.15, -0.1) is 3.71 Å². The van der Waals surface area contributed by atoms with Crippen LogP contribution in [-0.4, -0.2) is 26.6 Å². The van der Waals surface area contributed by atoms with Crippen molar-refractivity contribution in [3.8, 4) is 5.69 Å². The smallest absolute Gasteiger partial charge is 0.215 e. The third-order valence-electron chi connectivity index (χ3n) is 5.29. The molecule has 174 valence electrons. The first-order chi connectivity index (χ1) is 16.3. The van der Waals surface area contributed by atoms with Crippen molar-refractivity contribution in [2.75, 3.05) is 3.71 Å². The van der Waals surface area contributed by atoms with Crippen LogP contribution in [0.3, 0.4) is 0 Å². The third-order valence-corrected chi connectivity index (χ3v) is 10.6. The molecule has 0 saturated heterocycles. The van der Waals surface area contributed by atoms with Crippen LogP contribution in [0.5, 0.6) is 0 Å². The zero-order valence-corrected chi connectivity index (χ0v) is 20.8. The van der Waals surface area contributed by atoms with E-state index < -0.39 is 20.0 Å². The summed E-state index contributed by atoms with van der Waals surface area (Å²) in [5, 5.41) is 5.10. The van der Waals surface area contributed by atoms with E-state index in [1.165, 1.54) is 28.9 Å². The number of thioether (sulfide) groups is 1. The van der Waals surface area contributed by atoms with Crippen molar-refractivity contribution in [1.82, 2.24) is 9.78 Å². The molecule has 7 nitrogen and oxygen atoms in total. The van der Waals surface area contributed by atoms with E-state index in [9.17, 15) is 16.8 Å². The number of hydrogen-bond acceptors (Lipinski definition) is 6. The Bertz CT molecular complexity index is 1490. The summed E-state index contributed by atoms with van der Waals surface area (Å²) in [7, 11) is -9.08. The highest BCUT2D eigenvalue weighted by Crippen LogP contribution is 2.42. The maximum absolute atomic E-state index is 14.0. The second-order valence-corrected chi connectivity index (χ2v) is 12.7. The van der Waals surface area contributed by atoms with Gasteiger partial charge in [-0.05, 0) is 48.5 Å². The topological polar surface area (TPSA) is 89.3 Å². The predicted octanol–water partition coefficient (Wildman–Crippen LogP) is 4.86. The molecule has 0 spiro atoms. The summed E-state index contributed by atoms with van der Waals surface area (Å²) in [5.74, 6) is 0.965. The number of nitrogens with zero attached hydrogens (tertiary/aromatic N) is 3. The molecule has 2 heterocycles. The number of sulfonamides is 2. The Kier molecular flexibility index (Phi) is 5.93. The number of rotatable bonds is 6. The molecule has 0 radical (unpaired) electrons. The normalized spacial score (nSPS) is 13.6. The first-order valence-electron chi connectivity index (χ1n) is 10.2. The quantitative estimate of drug-likeness (QED) is 0.353. The van der Waals surface area contributed by atoms with Crippen LogP contribution in [0.25, 0.3) is 5.69 Å². The van der Waals surface area contributed by atoms with Crippen LogP contribution in [0.4, 0.5) is 5.82 Å². The third kappa shape index (κ3) is 3.90. The molecular formula is C23H18ClN3O4S3. The second kappa shape index (κ2) is 8.77. The molecule has 0 atom stereocenters. The highest BCUT2D eigenvalue weighted by atomic mass is 35.5. The fourth-order valence-corrected chi connectivity index (χ4v) is 8.60. The van der Waals surface area contributed by atoms with Crippen molar-refractivity contribution in [2.24, 2.45) is 0 Å². The Balaban J connectivity index is 1.84. The van der Waals surface area contributed by atoms with Crippen LogP contribution in [0, 0.1) is 0 Å². The molecule has 3 aromatic carbocycles. The summed E-state index contributed by atoms with van der Waals surface area (Å²) in [6.45, 7) is 0. The summed E-state index contributed by atoms with van der Waals surface area (Å²) in [6, 6.07) is 21.7. The fraction of sp³-hybridized carbons (Fsp3) is 0.0870. The standard InChI is InChI=1S/C23H18ClN3O4S3/c24-17-11-13-18(14-12-17)26-23(21-15-32-16-22(21)25-26)27(33(28,29)19-7-3-1-4-8-19)34(30,31)20-9-5-2-6-10-20/h1-14H,15-16H2. The van der Waals surface area contributed by atoms with Gasteiger partial charge in [0.25, 0.3) is 20.0 Å². The second-order valence-electron chi connectivity index (χ2n) is 7.46. The van der Waals surface area contributed by atoms with Gasteiger partial charge in [0.2, 0.25) is 0 Å². The van der Waals surface area contributed by atoms with Crippen LogP contribution in [-0.2, 0) is 31.6 Å². The van der Waals surface area contributed by atoms with E-state index in [2.05, 4.69) is 5.10 Å². The van der Waals surface area contributed by atoms with Gasteiger partial charge in [-0.2, -0.15) is 33.7 Å². The molecule has 1 aliphatic heterocycles. The number of aromatic nitrogens is 2. The van der Waals surface area contributed by atoms with Crippen molar-refractivity contribution in [1.29, 1.82) is 0 Å². The van der Waals surface area contributed by atoms with Gasteiger partial charge in [-0.1, -0.05) is 48.0 Å². The molecular weight excluding hydrogens is 514 g/mol. The maximum atomic E-state index is 14.0. The largest absolute Gasteiger partial charge is 0.279 e. The molecule has 0 amide bonds. The molecule has 1 aromatic heterocycles. The van der Waals surface area contributed by atoms with E-state index in [-0.39, 0.29) is 15.6 Å². The van der Waals surface area contributed by atoms with Crippen molar-refractivity contribution in [3.05, 3.63) is 101 Å². The van der Waals surface area contributed by atoms with Gasteiger partial charge in [-0.25, -0.2) is 4.68 Å². The number of fused-ring (bicyclic) bond motifs is 1.